The molecule has 0 aliphatic heterocycles. The van der Waals surface area contributed by atoms with Crippen molar-refractivity contribution < 1.29 is 14.9 Å². The molecule has 2 N–H and O–H groups in total. The molecule has 0 saturated carbocycles. The molecule has 1 atom stereocenters. The number of aliphatic hydroxyl groups excluding tert-OH is 2. The molecular weight excluding hydrogens is 184 g/mol. The Bertz CT molecular complexity index is 309. The Morgan fingerprint density at radius 3 is 2.57 bits per heavy atom. The Hall–Kier alpha value is -1.07. The van der Waals surface area contributed by atoms with Crippen molar-refractivity contribution in [3.8, 4) is 5.75 Å². The highest BCUT2D eigenvalue weighted by Gasteiger charge is 2.12. The van der Waals surface area contributed by atoms with Gasteiger partial charge >= 0.3 is 0 Å². The van der Waals surface area contributed by atoms with Crippen LogP contribution in [0.5, 0.6) is 5.75 Å². The number of hydrogen-bond acceptors (Lipinski definition) is 4. The van der Waals surface area contributed by atoms with E-state index in [1.165, 1.54) is 0 Å². The first kappa shape index (κ1) is 11.0. The minimum Gasteiger partial charge on any atom is -0.487 e. The van der Waals surface area contributed by atoms with Gasteiger partial charge < -0.3 is 14.9 Å². The van der Waals surface area contributed by atoms with Gasteiger partial charge in [-0.25, -0.2) is 0 Å². The second-order valence-corrected chi connectivity index (χ2v) is 3.27. The van der Waals surface area contributed by atoms with E-state index >= 15 is 0 Å². The fraction of sp³-hybridized carbons (Fsp3) is 0.667. The lowest BCUT2D eigenvalue weighted by Crippen LogP contribution is -2.21. The van der Waals surface area contributed by atoms with Crippen molar-refractivity contribution in [2.24, 2.45) is 7.05 Å². The van der Waals surface area contributed by atoms with Crippen molar-refractivity contribution in [1.82, 2.24) is 9.78 Å². The summed E-state index contributed by atoms with van der Waals surface area (Å²) < 4.78 is 7.07. The van der Waals surface area contributed by atoms with Crippen LogP contribution in [0.3, 0.4) is 0 Å². The number of aromatic nitrogens is 2. The van der Waals surface area contributed by atoms with Crippen LogP contribution in [0.4, 0.5) is 0 Å². The molecule has 1 unspecified atom stereocenters. The normalized spacial score (nSPS) is 12.9. The average Bonchev–Trinajstić information content (AvgIpc) is 2.39. The molecule has 5 heteroatoms. The topological polar surface area (TPSA) is 67.5 Å². The van der Waals surface area contributed by atoms with Crippen LogP contribution >= 0.6 is 0 Å². The Labute approximate surface area is 82.9 Å². The number of aliphatic hydroxyl groups is 2. The highest BCUT2D eigenvalue weighted by atomic mass is 16.5. The first-order chi connectivity index (χ1) is 6.56. The molecule has 80 valence electrons. The third kappa shape index (κ3) is 2.24. The van der Waals surface area contributed by atoms with Crippen LogP contribution in [0.2, 0.25) is 0 Å². The van der Waals surface area contributed by atoms with Crippen LogP contribution < -0.4 is 4.74 Å². The van der Waals surface area contributed by atoms with Crippen molar-refractivity contribution in [2.75, 3.05) is 13.2 Å². The number of rotatable bonds is 4. The van der Waals surface area contributed by atoms with Gasteiger partial charge in [-0.1, -0.05) is 0 Å². The van der Waals surface area contributed by atoms with Crippen LogP contribution in [0.1, 0.15) is 11.4 Å². The fourth-order valence-corrected chi connectivity index (χ4v) is 1.20. The zero-order valence-electron chi connectivity index (χ0n) is 8.69. The SMILES string of the molecule is Cc1nn(C)c(C)c1OCC(O)CO. The number of aryl methyl sites for hydroxylation is 2. The Balaban J connectivity index is 2.67. The van der Waals surface area contributed by atoms with E-state index in [1.54, 1.807) is 4.68 Å². The van der Waals surface area contributed by atoms with E-state index in [9.17, 15) is 0 Å². The molecule has 5 nitrogen and oxygen atoms in total. The zero-order valence-corrected chi connectivity index (χ0v) is 8.69. The van der Waals surface area contributed by atoms with Gasteiger partial charge in [-0.05, 0) is 13.8 Å². The largest absolute Gasteiger partial charge is 0.487 e. The minimum absolute atomic E-state index is 0.0872. The summed E-state index contributed by atoms with van der Waals surface area (Å²) in [4.78, 5) is 0. The van der Waals surface area contributed by atoms with Gasteiger partial charge in [-0.15, -0.1) is 0 Å². The van der Waals surface area contributed by atoms with Gasteiger partial charge in [0.15, 0.2) is 5.75 Å². The molecule has 1 aromatic rings. The zero-order chi connectivity index (χ0) is 10.7. The molecule has 0 aromatic carbocycles. The summed E-state index contributed by atoms with van der Waals surface area (Å²) in [6.07, 6.45) is -0.839. The van der Waals surface area contributed by atoms with E-state index in [1.807, 2.05) is 20.9 Å². The molecule has 0 amide bonds. The number of ether oxygens (including phenoxy) is 1. The number of nitrogens with zero attached hydrogens (tertiary/aromatic N) is 2. The summed E-state index contributed by atoms with van der Waals surface area (Å²) in [5.41, 5.74) is 1.70. The van der Waals surface area contributed by atoms with E-state index in [2.05, 4.69) is 5.10 Å². The van der Waals surface area contributed by atoms with Crippen LogP contribution in [0.15, 0.2) is 0 Å². The highest BCUT2D eigenvalue weighted by molar-refractivity contribution is 5.31. The van der Waals surface area contributed by atoms with Crippen molar-refractivity contribution in [1.29, 1.82) is 0 Å². The second-order valence-electron chi connectivity index (χ2n) is 3.27. The molecule has 1 aromatic heterocycles. The maximum absolute atomic E-state index is 9.11. The highest BCUT2D eigenvalue weighted by Crippen LogP contribution is 2.21. The maximum atomic E-state index is 9.11. The predicted octanol–water partition coefficient (Wildman–Crippen LogP) is -0.231. The molecule has 0 radical (unpaired) electrons. The van der Waals surface area contributed by atoms with Crippen LogP contribution in [-0.4, -0.2) is 39.3 Å². The molecule has 0 fully saturated rings. The van der Waals surface area contributed by atoms with E-state index < -0.39 is 6.10 Å². The summed E-state index contributed by atoms with van der Waals surface area (Å²) in [7, 11) is 1.83. The van der Waals surface area contributed by atoms with Crippen molar-refractivity contribution in [3.05, 3.63) is 11.4 Å². The summed E-state index contributed by atoms with van der Waals surface area (Å²) >= 11 is 0. The fourth-order valence-electron chi connectivity index (χ4n) is 1.20. The average molecular weight is 200 g/mol. The van der Waals surface area contributed by atoms with Gasteiger partial charge in [0, 0.05) is 7.05 Å². The second kappa shape index (κ2) is 4.43. The monoisotopic (exact) mass is 200 g/mol. The summed E-state index contributed by atoms with van der Waals surface area (Å²) in [6.45, 7) is 3.52. The van der Waals surface area contributed by atoms with E-state index in [4.69, 9.17) is 14.9 Å². The summed E-state index contributed by atoms with van der Waals surface area (Å²) in [5, 5.41) is 21.9. The standard InChI is InChI=1S/C9H16N2O3/c1-6-9(7(2)11(3)10-6)14-5-8(13)4-12/h8,12-13H,4-5H2,1-3H3. The molecule has 1 rings (SSSR count). The molecule has 0 saturated heterocycles. The maximum Gasteiger partial charge on any atom is 0.163 e. The van der Waals surface area contributed by atoms with Crippen LogP contribution in [0.25, 0.3) is 0 Å². The quantitative estimate of drug-likeness (QED) is 0.704. The van der Waals surface area contributed by atoms with Crippen molar-refractivity contribution in [3.63, 3.8) is 0 Å². The van der Waals surface area contributed by atoms with Gasteiger partial charge in [0.2, 0.25) is 0 Å². The molecular formula is C9H16N2O3. The Morgan fingerprint density at radius 1 is 1.50 bits per heavy atom. The molecule has 0 bridgehead atoms. The van der Waals surface area contributed by atoms with E-state index in [0.717, 1.165) is 11.4 Å². The van der Waals surface area contributed by atoms with Gasteiger partial charge in [0.05, 0.1) is 12.3 Å². The third-order valence-corrected chi connectivity index (χ3v) is 2.07. The van der Waals surface area contributed by atoms with Gasteiger partial charge in [0.25, 0.3) is 0 Å². The molecule has 0 aliphatic carbocycles. The smallest absolute Gasteiger partial charge is 0.163 e. The Kier molecular flexibility index (Phi) is 3.49. The molecule has 0 aliphatic rings. The van der Waals surface area contributed by atoms with Gasteiger partial charge in [0.1, 0.15) is 18.4 Å². The van der Waals surface area contributed by atoms with E-state index in [0.29, 0.717) is 5.75 Å². The lowest BCUT2D eigenvalue weighted by Gasteiger charge is -2.09. The Morgan fingerprint density at radius 2 is 2.14 bits per heavy atom. The van der Waals surface area contributed by atoms with Gasteiger partial charge in [-0.3, -0.25) is 4.68 Å². The molecule has 1 heterocycles. The first-order valence-electron chi connectivity index (χ1n) is 4.48. The van der Waals surface area contributed by atoms with Crippen LogP contribution in [-0.2, 0) is 7.05 Å². The lowest BCUT2D eigenvalue weighted by molar-refractivity contribution is 0.0531. The van der Waals surface area contributed by atoms with E-state index in [-0.39, 0.29) is 13.2 Å². The summed E-state index contributed by atoms with van der Waals surface area (Å²) in [5.74, 6) is 0.681. The van der Waals surface area contributed by atoms with Crippen molar-refractivity contribution in [2.45, 2.75) is 20.0 Å². The van der Waals surface area contributed by atoms with Crippen molar-refractivity contribution >= 4 is 0 Å². The molecule has 14 heavy (non-hydrogen) atoms. The molecule has 0 spiro atoms. The lowest BCUT2D eigenvalue weighted by atomic mass is 10.3. The number of hydrogen-bond donors (Lipinski definition) is 2. The summed E-state index contributed by atoms with van der Waals surface area (Å²) in [6, 6.07) is 0. The predicted molar refractivity (Wildman–Crippen MR) is 51.3 cm³/mol. The van der Waals surface area contributed by atoms with Crippen LogP contribution in [0, 0.1) is 13.8 Å². The first-order valence-corrected chi connectivity index (χ1v) is 4.48. The minimum atomic E-state index is -0.839. The van der Waals surface area contributed by atoms with Gasteiger partial charge in [-0.2, -0.15) is 5.10 Å². The third-order valence-electron chi connectivity index (χ3n) is 2.07.